The van der Waals surface area contributed by atoms with Crippen molar-refractivity contribution >= 4 is 38.9 Å². The third-order valence-corrected chi connectivity index (χ3v) is 5.44. The molecule has 0 fully saturated rings. The van der Waals surface area contributed by atoms with E-state index in [1.165, 1.54) is 12.1 Å². The second-order valence-corrected chi connectivity index (χ2v) is 8.88. The van der Waals surface area contributed by atoms with E-state index >= 15 is 0 Å². The fourth-order valence-corrected chi connectivity index (χ4v) is 3.48. The number of hydrogen-bond donors (Lipinski definition) is 4. The number of nitrogens with one attached hydrogen (secondary N) is 2. The number of nitrogens with zero attached hydrogens (tertiary/aromatic N) is 3. The summed E-state index contributed by atoms with van der Waals surface area (Å²) in [7, 11) is -3.38. The molecule has 0 unspecified atom stereocenters. The van der Waals surface area contributed by atoms with E-state index in [0.717, 1.165) is 12.5 Å². The van der Waals surface area contributed by atoms with Crippen molar-refractivity contribution in [1.29, 1.82) is 0 Å². The second kappa shape index (κ2) is 9.39. The van der Waals surface area contributed by atoms with Gasteiger partial charge in [-0.3, -0.25) is 4.79 Å². The molecule has 1 heterocycles. The minimum Gasteiger partial charge on any atom is -0.481 e. The van der Waals surface area contributed by atoms with Gasteiger partial charge in [0, 0.05) is 18.5 Å². The van der Waals surface area contributed by atoms with Crippen LogP contribution in [-0.4, -0.2) is 45.8 Å². The molecule has 12 heteroatoms. The van der Waals surface area contributed by atoms with Crippen molar-refractivity contribution < 1.29 is 28.4 Å². The van der Waals surface area contributed by atoms with Crippen molar-refractivity contribution in [2.75, 3.05) is 16.9 Å². The van der Waals surface area contributed by atoms with Gasteiger partial charge in [-0.1, -0.05) is 24.3 Å². The van der Waals surface area contributed by atoms with Crippen LogP contribution in [0.1, 0.15) is 11.1 Å². The zero-order chi connectivity index (χ0) is 23.3. The van der Waals surface area contributed by atoms with Crippen molar-refractivity contribution in [3.05, 3.63) is 70.8 Å². The van der Waals surface area contributed by atoms with Gasteiger partial charge in [-0.2, -0.15) is 4.98 Å². The Hall–Kier alpha value is -4.06. The molecular formula is C20H20N5O6S+. The monoisotopic (exact) mass is 458 g/mol. The molecular weight excluding hydrogens is 438 g/mol. The molecule has 4 N–H and O–H groups in total. The molecule has 32 heavy (non-hydrogen) atoms. The zero-order valence-electron chi connectivity index (χ0n) is 16.9. The summed E-state index contributed by atoms with van der Waals surface area (Å²) < 4.78 is 23.5. The van der Waals surface area contributed by atoms with Crippen LogP contribution in [0.5, 0.6) is 0 Å². The smallest absolute Gasteiger partial charge is 0.376 e. The van der Waals surface area contributed by atoms with Crippen molar-refractivity contribution in [2.45, 2.75) is 17.9 Å². The maximum atomic E-state index is 11.7. The topological polar surface area (TPSA) is 162 Å². The van der Waals surface area contributed by atoms with E-state index in [0.29, 0.717) is 16.8 Å². The van der Waals surface area contributed by atoms with Crippen LogP contribution in [0.25, 0.3) is 0 Å². The van der Waals surface area contributed by atoms with Crippen molar-refractivity contribution in [3.63, 3.8) is 0 Å². The van der Waals surface area contributed by atoms with E-state index in [1.54, 1.807) is 36.4 Å². The van der Waals surface area contributed by atoms with Crippen LogP contribution in [0, 0.1) is 4.91 Å². The Bertz CT molecular complexity index is 1260. The van der Waals surface area contributed by atoms with Gasteiger partial charge in [0.25, 0.3) is 4.92 Å². The highest BCUT2D eigenvalue weighted by Crippen LogP contribution is 2.24. The summed E-state index contributed by atoms with van der Waals surface area (Å²) in [4.78, 5) is 30.2. The Kier molecular flexibility index (Phi) is 6.64. The predicted molar refractivity (Wildman–Crippen MR) is 115 cm³/mol. The summed E-state index contributed by atoms with van der Waals surface area (Å²) >= 11 is 0. The van der Waals surface area contributed by atoms with E-state index < -0.39 is 15.8 Å². The molecule has 0 saturated heterocycles. The van der Waals surface area contributed by atoms with E-state index in [4.69, 9.17) is 5.11 Å². The van der Waals surface area contributed by atoms with Gasteiger partial charge in [-0.05, 0) is 35.4 Å². The minimum atomic E-state index is -3.38. The molecule has 3 rings (SSSR count). The number of sulfone groups is 1. The molecule has 11 nitrogen and oxygen atoms in total. The van der Waals surface area contributed by atoms with Gasteiger partial charge in [0.15, 0.2) is 9.84 Å². The molecule has 0 bridgehead atoms. The molecule has 0 spiro atoms. The molecule has 0 saturated carbocycles. The zero-order valence-corrected chi connectivity index (χ0v) is 17.7. The number of carboxylic acid groups (broad SMARTS) is 1. The van der Waals surface area contributed by atoms with Gasteiger partial charge in [0.2, 0.25) is 11.8 Å². The van der Waals surface area contributed by atoms with Crippen molar-refractivity contribution in [1.82, 2.24) is 9.97 Å². The summed E-state index contributed by atoms with van der Waals surface area (Å²) in [6, 6.07) is 12.9. The lowest BCUT2D eigenvalue weighted by atomic mass is 10.1. The third kappa shape index (κ3) is 5.98. The first kappa shape index (κ1) is 22.6. The number of benzene rings is 2. The quantitative estimate of drug-likeness (QED) is 0.351. The van der Waals surface area contributed by atoms with Crippen LogP contribution in [0.15, 0.2) is 59.6 Å². The summed E-state index contributed by atoms with van der Waals surface area (Å²) in [5.74, 6) is -0.796. The van der Waals surface area contributed by atoms with E-state index in [9.17, 15) is 23.3 Å². The largest absolute Gasteiger partial charge is 0.481 e. The van der Waals surface area contributed by atoms with Gasteiger partial charge in [0.1, 0.15) is 6.20 Å². The van der Waals surface area contributed by atoms with Gasteiger partial charge in [0.05, 0.1) is 16.2 Å². The Morgan fingerprint density at radius 3 is 2.47 bits per heavy atom. The Labute approximate surface area is 183 Å². The van der Waals surface area contributed by atoms with Crippen LogP contribution in [0.2, 0.25) is 0 Å². The molecule has 0 aliphatic carbocycles. The van der Waals surface area contributed by atoms with E-state index in [-0.39, 0.29) is 40.2 Å². The number of aliphatic carboxylic acids is 1. The molecule has 0 amide bonds. The maximum Gasteiger partial charge on any atom is 0.376 e. The Morgan fingerprint density at radius 2 is 1.84 bits per heavy atom. The molecule has 2 aromatic carbocycles. The Morgan fingerprint density at radius 1 is 1.12 bits per heavy atom. The number of carboxylic acids is 1. The van der Waals surface area contributed by atoms with Crippen LogP contribution in [0.4, 0.5) is 23.1 Å². The predicted octanol–water partition coefficient (Wildman–Crippen LogP) is 2.66. The van der Waals surface area contributed by atoms with Crippen LogP contribution in [-0.2, 0) is 27.6 Å². The highest BCUT2D eigenvalue weighted by atomic mass is 32.2. The van der Waals surface area contributed by atoms with Crippen LogP contribution >= 0.6 is 0 Å². The maximum absolute atomic E-state index is 11.7. The number of hydrogen-bond acceptors (Lipinski definition) is 8. The summed E-state index contributed by atoms with van der Waals surface area (Å²) in [6.45, 7) is 0.130. The van der Waals surface area contributed by atoms with Gasteiger partial charge in [-0.25, -0.2) is 18.6 Å². The van der Waals surface area contributed by atoms with Gasteiger partial charge >= 0.3 is 11.7 Å². The summed E-state index contributed by atoms with van der Waals surface area (Å²) in [6.07, 6.45) is 2.13. The first-order valence-corrected chi connectivity index (χ1v) is 11.1. The molecule has 0 aliphatic rings. The fraction of sp³-hybridized carbons (Fsp3) is 0.150. The first-order chi connectivity index (χ1) is 15.1. The average Bonchev–Trinajstić information content (AvgIpc) is 2.73. The average molecular weight is 458 g/mol. The normalized spacial score (nSPS) is 11.0. The van der Waals surface area contributed by atoms with E-state index in [2.05, 4.69) is 20.6 Å². The van der Waals surface area contributed by atoms with E-state index in [1.807, 2.05) is 0 Å². The standard InChI is InChI=1S/C20H19N5O6S/c1-32(30,31)16-4-2-3-14(9-16)11-21-19-17(25(28)29)12-22-20(24-19)23-15-7-5-13(6-8-15)10-18(26)27/h2-9,12H,10-11H2,1H3,(H3-,21,22,23,24,26,27,28,29)/p+1. The highest BCUT2D eigenvalue weighted by molar-refractivity contribution is 7.90. The second-order valence-electron chi connectivity index (χ2n) is 6.87. The van der Waals surface area contributed by atoms with Crippen molar-refractivity contribution in [3.8, 4) is 0 Å². The molecule has 3 aromatic rings. The van der Waals surface area contributed by atoms with Crippen molar-refractivity contribution in [2.24, 2.45) is 0 Å². The number of aromatic nitrogens is 2. The summed E-state index contributed by atoms with van der Waals surface area (Å²) in [5.41, 5.74) is 1.60. The highest BCUT2D eigenvalue weighted by Gasteiger charge is 2.22. The minimum absolute atomic E-state index is 0.0206. The number of carbonyl (C=O) groups is 1. The number of rotatable bonds is 9. The van der Waals surface area contributed by atoms with Crippen LogP contribution in [0.3, 0.4) is 0 Å². The Balaban J connectivity index is 1.79. The lowest BCUT2D eigenvalue weighted by Gasteiger charge is -2.09. The van der Waals surface area contributed by atoms with Gasteiger partial charge < -0.3 is 15.7 Å². The summed E-state index contributed by atoms with van der Waals surface area (Å²) in [5, 5.41) is 24.0. The van der Waals surface area contributed by atoms with Crippen LogP contribution < -0.4 is 10.6 Å². The lowest BCUT2D eigenvalue weighted by Crippen LogP contribution is -2.09. The molecule has 0 atom stereocenters. The first-order valence-electron chi connectivity index (χ1n) is 9.25. The lowest BCUT2D eigenvalue weighted by molar-refractivity contribution is -0.729. The number of anilines is 3. The van der Waals surface area contributed by atoms with Gasteiger partial charge in [-0.15, -0.1) is 0 Å². The molecule has 0 radical (unpaired) electrons. The SMILES string of the molecule is CS(=O)(=O)c1cccc(CNc2nc(Nc3ccc(CC(=O)O)cc3)ncc2[N+](=O)O)c1. The molecule has 0 aliphatic heterocycles. The molecule has 1 aromatic heterocycles. The molecule has 166 valence electrons. The third-order valence-electron chi connectivity index (χ3n) is 4.33. The fourth-order valence-electron chi connectivity index (χ4n) is 2.79.